The van der Waals surface area contributed by atoms with Gasteiger partial charge in [0, 0.05) is 37.2 Å². The van der Waals surface area contributed by atoms with Crippen LogP contribution in [-0.2, 0) is 4.79 Å². The third kappa shape index (κ3) is 4.64. The van der Waals surface area contributed by atoms with Gasteiger partial charge in [-0.2, -0.15) is 0 Å². The van der Waals surface area contributed by atoms with Crippen molar-refractivity contribution < 1.29 is 23.8 Å². The van der Waals surface area contributed by atoms with Crippen LogP contribution < -0.4 is 14.2 Å². The molecule has 1 aromatic rings. The lowest BCUT2D eigenvalue weighted by molar-refractivity contribution is -0.139. The van der Waals surface area contributed by atoms with Crippen molar-refractivity contribution in [2.45, 2.75) is 27.2 Å². The highest BCUT2D eigenvalue weighted by atomic mass is 16.5. The van der Waals surface area contributed by atoms with Gasteiger partial charge in [-0.1, -0.05) is 20.8 Å². The van der Waals surface area contributed by atoms with Crippen molar-refractivity contribution in [3.8, 4) is 17.2 Å². The summed E-state index contributed by atoms with van der Waals surface area (Å²) in [6, 6.07) is 3.32. The Bertz CT molecular complexity index is 671. The summed E-state index contributed by atoms with van der Waals surface area (Å²) in [5.41, 5.74) is 0.0516. The van der Waals surface area contributed by atoms with E-state index in [0.717, 1.165) is 6.42 Å². The SMILES string of the molecule is COc1cc(C(=O)N2CCCN(C(=O)C(C)(C)C)CC2)cc(OC)c1OC. The summed E-state index contributed by atoms with van der Waals surface area (Å²) >= 11 is 0. The van der Waals surface area contributed by atoms with E-state index in [0.29, 0.717) is 49.0 Å². The van der Waals surface area contributed by atoms with E-state index >= 15 is 0 Å². The highest BCUT2D eigenvalue weighted by molar-refractivity contribution is 5.95. The van der Waals surface area contributed by atoms with E-state index in [4.69, 9.17) is 14.2 Å². The van der Waals surface area contributed by atoms with E-state index in [9.17, 15) is 9.59 Å². The molecule has 7 nitrogen and oxygen atoms in total. The summed E-state index contributed by atoms with van der Waals surface area (Å²) in [6.07, 6.45) is 0.748. The number of nitrogens with zero attached hydrogens (tertiary/aromatic N) is 2. The second-order valence-electron chi connectivity index (χ2n) is 7.60. The van der Waals surface area contributed by atoms with Crippen molar-refractivity contribution in [3.63, 3.8) is 0 Å². The monoisotopic (exact) mass is 378 g/mol. The molecule has 1 saturated heterocycles. The number of hydrogen-bond acceptors (Lipinski definition) is 5. The minimum absolute atomic E-state index is 0.112. The Balaban J connectivity index is 2.20. The number of rotatable bonds is 4. The van der Waals surface area contributed by atoms with Crippen LogP contribution in [0.2, 0.25) is 0 Å². The highest BCUT2D eigenvalue weighted by Gasteiger charge is 2.30. The first-order valence-corrected chi connectivity index (χ1v) is 9.11. The standard InChI is InChI=1S/C20H30N2O5/c1-20(2,3)19(24)22-9-7-8-21(10-11-22)18(23)14-12-15(25-4)17(27-6)16(13-14)26-5/h12-13H,7-11H2,1-6H3. The van der Waals surface area contributed by atoms with Crippen LogP contribution in [0.1, 0.15) is 37.6 Å². The lowest BCUT2D eigenvalue weighted by atomic mass is 9.94. The summed E-state index contributed by atoms with van der Waals surface area (Å²) in [5.74, 6) is 1.34. The molecule has 0 atom stereocenters. The fraction of sp³-hybridized carbons (Fsp3) is 0.600. The van der Waals surface area contributed by atoms with Crippen molar-refractivity contribution >= 4 is 11.8 Å². The molecule has 150 valence electrons. The number of carbonyl (C=O) groups is 2. The van der Waals surface area contributed by atoms with Crippen LogP contribution in [0.5, 0.6) is 17.2 Å². The summed E-state index contributed by atoms with van der Waals surface area (Å²) in [5, 5.41) is 0. The van der Waals surface area contributed by atoms with Crippen LogP contribution in [0.3, 0.4) is 0 Å². The minimum Gasteiger partial charge on any atom is -0.493 e. The van der Waals surface area contributed by atoms with Gasteiger partial charge in [-0.3, -0.25) is 9.59 Å². The fourth-order valence-electron chi connectivity index (χ4n) is 3.19. The molecule has 0 radical (unpaired) electrons. The molecule has 2 rings (SSSR count). The molecule has 1 aromatic carbocycles. The summed E-state index contributed by atoms with van der Waals surface area (Å²) in [6.45, 7) is 8.04. The van der Waals surface area contributed by atoms with Crippen LogP contribution in [0.25, 0.3) is 0 Å². The average Bonchev–Trinajstić information content (AvgIpc) is 2.90. The third-order valence-corrected chi connectivity index (χ3v) is 4.62. The lowest BCUT2D eigenvalue weighted by Crippen LogP contribution is -2.42. The Morgan fingerprint density at radius 2 is 1.37 bits per heavy atom. The Kier molecular flexibility index (Phi) is 6.57. The number of benzene rings is 1. The van der Waals surface area contributed by atoms with E-state index in [1.807, 2.05) is 25.7 Å². The van der Waals surface area contributed by atoms with Crippen molar-refractivity contribution in [1.29, 1.82) is 0 Å². The maximum atomic E-state index is 13.0. The van der Waals surface area contributed by atoms with E-state index < -0.39 is 5.41 Å². The Labute approximate surface area is 161 Å². The molecule has 27 heavy (non-hydrogen) atoms. The molecule has 0 saturated carbocycles. The number of amides is 2. The van der Waals surface area contributed by atoms with Gasteiger partial charge >= 0.3 is 0 Å². The van der Waals surface area contributed by atoms with Gasteiger partial charge in [-0.05, 0) is 18.6 Å². The second-order valence-corrected chi connectivity index (χ2v) is 7.60. The van der Waals surface area contributed by atoms with Gasteiger partial charge in [0.25, 0.3) is 5.91 Å². The van der Waals surface area contributed by atoms with Gasteiger partial charge in [0.1, 0.15) is 0 Å². The molecule has 0 aromatic heterocycles. The highest BCUT2D eigenvalue weighted by Crippen LogP contribution is 2.38. The van der Waals surface area contributed by atoms with Crippen molar-refractivity contribution in [2.24, 2.45) is 5.41 Å². The normalized spacial score (nSPS) is 15.2. The second kappa shape index (κ2) is 8.50. The third-order valence-electron chi connectivity index (χ3n) is 4.62. The predicted octanol–water partition coefficient (Wildman–Crippen LogP) is 2.43. The van der Waals surface area contributed by atoms with Crippen molar-refractivity contribution in [3.05, 3.63) is 17.7 Å². The maximum absolute atomic E-state index is 13.0. The van der Waals surface area contributed by atoms with Gasteiger partial charge < -0.3 is 24.0 Å². The van der Waals surface area contributed by atoms with Crippen LogP contribution in [0, 0.1) is 5.41 Å². The minimum atomic E-state index is -0.421. The first kappa shape index (κ1) is 20.9. The van der Waals surface area contributed by atoms with Gasteiger partial charge in [-0.15, -0.1) is 0 Å². The Morgan fingerprint density at radius 3 is 1.85 bits per heavy atom. The van der Waals surface area contributed by atoms with Gasteiger partial charge in [0.15, 0.2) is 11.5 Å². The quantitative estimate of drug-likeness (QED) is 0.805. The molecule has 0 N–H and O–H groups in total. The van der Waals surface area contributed by atoms with Gasteiger partial charge in [0.05, 0.1) is 21.3 Å². The zero-order valence-electron chi connectivity index (χ0n) is 17.1. The largest absolute Gasteiger partial charge is 0.493 e. The molecule has 0 spiro atoms. The lowest BCUT2D eigenvalue weighted by Gasteiger charge is -2.28. The van der Waals surface area contributed by atoms with E-state index in [1.165, 1.54) is 21.3 Å². The number of methoxy groups -OCH3 is 3. The van der Waals surface area contributed by atoms with Crippen LogP contribution in [0.15, 0.2) is 12.1 Å². The summed E-state index contributed by atoms with van der Waals surface area (Å²) < 4.78 is 16.0. The molecule has 0 bridgehead atoms. The first-order chi connectivity index (χ1) is 12.7. The number of hydrogen-bond donors (Lipinski definition) is 0. The van der Waals surface area contributed by atoms with E-state index in [-0.39, 0.29) is 11.8 Å². The van der Waals surface area contributed by atoms with Crippen molar-refractivity contribution in [2.75, 3.05) is 47.5 Å². The van der Waals surface area contributed by atoms with Crippen LogP contribution in [-0.4, -0.2) is 69.1 Å². The summed E-state index contributed by atoms with van der Waals surface area (Å²) in [7, 11) is 4.57. The molecular weight excluding hydrogens is 348 g/mol. The van der Waals surface area contributed by atoms with Crippen LogP contribution >= 0.6 is 0 Å². The Morgan fingerprint density at radius 1 is 0.852 bits per heavy atom. The van der Waals surface area contributed by atoms with Gasteiger partial charge in [-0.25, -0.2) is 0 Å². The molecule has 0 aliphatic carbocycles. The zero-order chi connectivity index (χ0) is 20.2. The number of carbonyl (C=O) groups excluding carboxylic acids is 2. The molecule has 0 unspecified atom stereocenters. The number of ether oxygens (including phenoxy) is 3. The molecule has 2 amide bonds. The van der Waals surface area contributed by atoms with Crippen molar-refractivity contribution in [1.82, 2.24) is 9.80 Å². The topological polar surface area (TPSA) is 68.3 Å². The zero-order valence-corrected chi connectivity index (χ0v) is 17.1. The van der Waals surface area contributed by atoms with Gasteiger partial charge in [0.2, 0.25) is 11.7 Å². The Hall–Kier alpha value is -2.44. The molecule has 1 fully saturated rings. The molecular formula is C20H30N2O5. The smallest absolute Gasteiger partial charge is 0.254 e. The predicted molar refractivity (Wildman–Crippen MR) is 103 cm³/mol. The van der Waals surface area contributed by atoms with E-state index in [2.05, 4.69) is 0 Å². The first-order valence-electron chi connectivity index (χ1n) is 9.11. The molecule has 1 aliphatic rings. The molecule has 1 heterocycles. The molecule has 1 aliphatic heterocycles. The maximum Gasteiger partial charge on any atom is 0.254 e. The van der Waals surface area contributed by atoms with E-state index in [1.54, 1.807) is 17.0 Å². The summed E-state index contributed by atoms with van der Waals surface area (Å²) in [4.78, 5) is 29.2. The fourth-order valence-corrected chi connectivity index (χ4v) is 3.19. The molecule has 7 heteroatoms. The van der Waals surface area contributed by atoms with Crippen LogP contribution in [0.4, 0.5) is 0 Å². The average molecular weight is 378 g/mol.